The van der Waals surface area contributed by atoms with Crippen LogP contribution < -0.4 is 0 Å². The molecule has 20 heavy (non-hydrogen) atoms. The van der Waals surface area contributed by atoms with Crippen LogP contribution in [0.2, 0.25) is 0 Å². The minimum Gasteiger partial charge on any atom is -0.315 e. The second-order valence-electron chi connectivity index (χ2n) is 9.64. The summed E-state index contributed by atoms with van der Waals surface area (Å²) < 4.78 is 0. The van der Waals surface area contributed by atoms with Gasteiger partial charge < -0.3 is 9.80 Å². The van der Waals surface area contributed by atoms with Gasteiger partial charge >= 0.3 is 6.03 Å². The average Bonchev–Trinajstić information content (AvgIpc) is 1.88. The summed E-state index contributed by atoms with van der Waals surface area (Å²) in [5, 5.41) is 0. The zero-order chi connectivity index (χ0) is 16.7. The lowest BCUT2D eigenvalue weighted by molar-refractivity contribution is 0.00146. The number of carbonyl (C=O) groups excluding carboxylic acids is 1. The predicted octanol–water partition coefficient (Wildman–Crippen LogP) is 4.90. The number of carbonyl (C=O) groups is 1. The molecule has 0 bridgehead atoms. The molecule has 0 aromatic rings. The van der Waals surface area contributed by atoms with Crippen LogP contribution in [0.4, 0.5) is 4.79 Å². The molecule has 0 rings (SSSR count). The van der Waals surface area contributed by atoms with E-state index in [0.29, 0.717) is 0 Å². The Bertz CT molecular complexity index is 283. The van der Waals surface area contributed by atoms with Gasteiger partial charge in [0, 0.05) is 22.2 Å². The van der Waals surface area contributed by atoms with Crippen molar-refractivity contribution in [1.82, 2.24) is 9.80 Å². The molecule has 0 aliphatic heterocycles. The maximum absolute atomic E-state index is 13.3. The van der Waals surface area contributed by atoms with Crippen molar-refractivity contribution in [2.45, 2.75) is 105 Å². The van der Waals surface area contributed by atoms with Crippen molar-refractivity contribution in [3.05, 3.63) is 0 Å². The SMILES string of the molecule is CC(C)(C)N(C(=O)N(C(C)(C)C)C(C)(C)C)C(C)(C)C. The molecule has 0 N–H and O–H groups in total. The Labute approximate surface area is 126 Å². The molecule has 3 heteroatoms. The van der Waals surface area contributed by atoms with E-state index in [4.69, 9.17) is 0 Å². The fourth-order valence-corrected chi connectivity index (χ4v) is 3.26. The summed E-state index contributed by atoms with van der Waals surface area (Å²) in [5.41, 5.74) is -0.873. The van der Waals surface area contributed by atoms with Crippen LogP contribution in [-0.2, 0) is 0 Å². The van der Waals surface area contributed by atoms with Crippen LogP contribution in [0.1, 0.15) is 83.1 Å². The minimum absolute atomic E-state index is 0.102. The molecule has 3 nitrogen and oxygen atoms in total. The molecule has 0 spiro atoms. The first-order chi connectivity index (χ1) is 8.40. The van der Waals surface area contributed by atoms with Crippen LogP contribution in [0.5, 0.6) is 0 Å². The van der Waals surface area contributed by atoms with E-state index in [-0.39, 0.29) is 28.2 Å². The van der Waals surface area contributed by atoms with Gasteiger partial charge in [0.25, 0.3) is 0 Å². The lowest BCUT2D eigenvalue weighted by Gasteiger charge is -2.53. The highest BCUT2D eigenvalue weighted by atomic mass is 16.2. The van der Waals surface area contributed by atoms with Gasteiger partial charge in [-0.2, -0.15) is 0 Å². The Morgan fingerprint density at radius 2 is 0.650 bits per heavy atom. The fourth-order valence-electron chi connectivity index (χ4n) is 3.26. The van der Waals surface area contributed by atoms with E-state index in [1.54, 1.807) is 0 Å². The van der Waals surface area contributed by atoms with Crippen molar-refractivity contribution in [2.75, 3.05) is 0 Å². The third-order valence-corrected chi connectivity index (χ3v) is 3.07. The molecule has 0 atom stereocenters. The van der Waals surface area contributed by atoms with Gasteiger partial charge in [-0.25, -0.2) is 4.79 Å². The zero-order valence-corrected chi connectivity index (χ0v) is 15.8. The normalized spacial score (nSPS) is 14.2. The predicted molar refractivity (Wildman–Crippen MR) is 88.1 cm³/mol. The quantitative estimate of drug-likeness (QED) is 0.620. The monoisotopic (exact) mass is 284 g/mol. The van der Waals surface area contributed by atoms with E-state index < -0.39 is 0 Å². The van der Waals surface area contributed by atoms with Gasteiger partial charge in [0.05, 0.1) is 0 Å². The Kier molecular flexibility index (Phi) is 5.04. The minimum atomic E-state index is -0.218. The Hall–Kier alpha value is -0.730. The molecular formula is C17H36N2O. The molecule has 0 unspecified atom stereocenters. The smallest absolute Gasteiger partial charge is 0.315 e. The standard InChI is InChI=1S/C17H36N2O/c1-14(2,3)18(15(4,5)6)13(20)19(16(7,8)9)17(10,11)12/h1-12H3. The van der Waals surface area contributed by atoms with Crippen molar-refractivity contribution in [1.29, 1.82) is 0 Å². The lowest BCUT2D eigenvalue weighted by atomic mass is 9.93. The largest absolute Gasteiger partial charge is 0.321 e. The Balaban J connectivity index is 5.89. The van der Waals surface area contributed by atoms with Crippen LogP contribution >= 0.6 is 0 Å². The van der Waals surface area contributed by atoms with Crippen molar-refractivity contribution in [3.63, 3.8) is 0 Å². The van der Waals surface area contributed by atoms with Crippen molar-refractivity contribution in [3.8, 4) is 0 Å². The number of hydrogen-bond acceptors (Lipinski definition) is 1. The number of amides is 2. The molecule has 0 fully saturated rings. The molecule has 0 aliphatic rings. The van der Waals surface area contributed by atoms with Crippen LogP contribution in [0.3, 0.4) is 0 Å². The lowest BCUT2D eigenvalue weighted by Crippen LogP contribution is -2.66. The molecule has 0 saturated carbocycles. The van der Waals surface area contributed by atoms with E-state index in [1.165, 1.54) is 0 Å². The van der Waals surface area contributed by atoms with E-state index in [2.05, 4.69) is 83.1 Å². The molecular weight excluding hydrogens is 248 g/mol. The second kappa shape index (κ2) is 5.23. The second-order valence-corrected chi connectivity index (χ2v) is 9.64. The van der Waals surface area contributed by atoms with Gasteiger partial charge in [-0.15, -0.1) is 0 Å². The first-order valence-corrected chi connectivity index (χ1v) is 7.55. The molecule has 0 aromatic carbocycles. The highest BCUT2D eigenvalue weighted by Gasteiger charge is 2.44. The average molecular weight is 284 g/mol. The molecule has 0 aliphatic carbocycles. The topological polar surface area (TPSA) is 23.6 Å². The maximum atomic E-state index is 13.3. The maximum Gasteiger partial charge on any atom is 0.321 e. The van der Waals surface area contributed by atoms with Crippen LogP contribution in [0.25, 0.3) is 0 Å². The number of urea groups is 1. The molecule has 120 valence electrons. The van der Waals surface area contributed by atoms with Gasteiger partial charge in [0.1, 0.15) is 0 Å². The highest BCUT2D eigenvalue weighted by molar-refractivity contribution is 5.77. The molecule has 0 saturated heterocycles. The summed E-state index contributed by atoms with van der Waals surface area (Å²) in [6, 6.07) is 0.102. The van der Waals surface area contributed by atoms with Gasteiger partial charge in [-0.1, -0.05) is 0 Å². The number of rotatable bonds is 0. The van der Waals surface area contributed by atoms with Crippen molar-refractivity contribution < 1.29 is 4.79 Å². The third kappa shape index (κ3) is 4.68. The van der Waals surface area contributed by atoms with E-state index in [9.17, 15) is 4.79 Å². The number of nitrogens with zero attached hydrogens (tertiary/aromatic N) is 2. The van der Waals surface area contributed by atoms with Gasteiger partial charge in [-0.3, -0.25) is 0 Å². The molecule has 2 amide bonds. The fraction of sp³-hybridized carbons (Fsp3) is 0.941. The van der Waals surface area contributed by atoms with Gasteiger partial charge in [0.2, 0.25) is 0 Å². The summed E-state index contributed by atoms with van der Waals surface area (Å²) >= 11 is 0. The molecule has 0 heterocycles. The third-order valence-electron chi connectivity index (χ3n) is 3.07. The summed E-state index contributed by atoms with van der Waals surface area (Å²) in [6.07, 6.45) is 0. The summed E-state index contributed by atoms with van der Waals surface area (Å²) in [4.78, 5) is 17.3. The van der Waals surface area contributed by atoms with Crippen molar-refractivity contribution in [2.24, 2.45) is 0 Å². The Morgan fingerprint density at radius 3 is 0.750 bits per heavy atom. The van der Waals surface area contributed by atoms with Gasteiger partial charge in [0.15, 0.2) is 0 Å². The summed E-state index contributed by atoms with van der Waals surface area (Å²) in [6.45, 7) is 25.2. The highest BCUT2D eigenvalue weighted by Crippen LogP contribution is 2.32. The zero-order valence-electron chi connectivity index (χ0n) is 15.8. The Morgan fingerprint density at radius 1 is 0.500 bits per heavy atom. The number of hydrogen-bond donors (Lipinski definition) is 0. The van der Waals surface area contributed by atoms with Crippen LogP contribution in [0, 0.1) is 0 Å². The van der Waals surface area contributed by atoms with Gasteiger partial charge in [-0.05, 0) is 83.1 Å². The molecule has 0 radical (unpaired) electrons. The first-order valence-electron chi connectivity index (χ1n) is 7.55. The van der Waals surface area contributed by atoms with Crippen LogP contribution in [0.15, 0.2) is 0 Å². The van der Waals surface area contributed by atoms with E-state index in [0.717, 1.165) is 0 Å². The summed E-state index contributed by atoms with van der Waals surface area (Å²) in [7, 11) is 0. The van der Waals surface area contributed by atoms with E-state index in [1.807, 2.05) is 9.80 Å². The molecule has 0 aromatic heterocycles. The van der Waals surface area contributed by atoms with Crippen LogP contribution in [-0.4, -0.2) is 38.0 Å². The van der Waals surface area contributed by atoms with Crippen molar-refractivity contribution >= 4 is 6.03 Å². The van der Waals surface area contributed by atoms with E-state index >= 15 is 0 Å². The summed E-state index contributed by atoms with van der Waals surface area (Å²) in [5.74, 6) is 0. The first kappa shape index (κ1) is 19.3.